The largest absolute Gasteiger partial charge is 0.395 e. The summed E-state index contributed by atoms with van der Waals surface area (Å²) in [6.07, 6.45) is 0.0670. The maximum Gasteiger partial charge on any atom is 0.219 e. The van der Waals surface area contributed by atoms with Gasteiger partial charge in [-0.1, -0.05) is 0 Å². The number of carbonyl (C=O) groups is 1. The lowest BCUT2D eigenvalue weighted by Gasteiger charge is -2.08. The van der Waals surface area contributed by atoms with Crippen molar-refractivity contribution in [1.82, 2.24) is 0 Å². The van der Waals surface area contributed by atoms with Crippen LogP contribution in [0.3, 0.4) is 0 Å². The van der Waals surface area contributed by atoms with Crippen molar-refractivity contribution >= 4 is 17.3 Å². The quantitative estimate of drug-likeness (QED) is 0.651. The molecule has 0 fully saturated rings. The van der Waals surface area contributed by atoms with Gasteiger partial charge in [-0.25, -0.2) is 8.78 Å². The molecule has 15 heavy (non-hydrogen) atoms. The van der Waals surface area contributed by atoms with Crippen molar-refractivity contribution in [3.05, 3.63) is 23.8 Å². The molecule has 1 rings (SSSR count). The summed E-state index contributed by atoms with van der Waals surface area (Å²) < 4.78 is 25.7. The van der Waals surface area contributed by atoms with Gasteiger partial charge in [0.2, 0.25) is 5.91 Å². The normalized spacial score (nSPS) is 10.0. The summed E-state index contributed by atoms with van der Waals surface area (Å²) >= 11 is 0. The second-order valence-corrected chi connectivity index (χ2v) is 2.99. The zero-order chi connectivity index (χ0) is 11.4. The van der Waals surface area contributed by atoms with Gasteiger partial charge in [-0.05, 0) is 6.07 Å². The van der Waals surface area contributed by atoms with E-state index >= 15 is 0 Å². The molecule has 0 unspecified atom stereocenters. The third-order valence-corrected chi connectivity index (χ3v) is 1.78. The Morgan fingerprint density at radius 1 is 1.40 bits per heavy atom. The zero-order valence-electron chi connectivity index (χ0n) is 7.89. The van der Waals surface area contributed by atoms with Crippen LogP contribution in [0.25, 0.3) is 0 Å². The van der Waals surface area contributed by atoms with Crippen LogP contribution in [0.2, 0.25) is 0 Å². The summed E-state index contributed by atoms with van der Waals surface area (Å²) in [5.41, 5.74) is 10.2. The van der Waals surface area contributed by atoms with Gasteiger partial charge in [0.15, 0.2) is 5.82 Å². The van der Waals surface area contributed by atoms with Crippen LogP contribution in [-0.4, -0.2) is 12.5 Å². The molecule has 0 bridgehead atoms. The maximum atomic E-state index is 12.9. The first-order valence-corrected chi connectivity index (χ1v) is 4.27. The van der Waals surface area contributed by atoms with Gasteiger partial charge in [0.25, 0.3) is 0 Å². The van der Waals surface area contributed by atoms with E-state index in [-0.39, 0.29) is 24.3 Å². The first kappa shape index (κ1) is 11.2. The lowest BCUT2D eigenvalue weighted by Crippen LogP contribution is -2.16. The van der Waals surface area contributed by atoms with Crippen LogP contribution >= 0.6 is 0 Å². The standard InChI is InChI=1S/C9H11F2N3O/c10-5-3-6(11)9(13)7(4-5)14-2-1-8(12)15/h3-4,14H,1-2,13H2,(H2,12,15). The van der Waals surface area contributed by atoms with Gasteiger partial charge in [-0.15, -0.1) is 0 Å². The highest BCUT2D eigenvalue weighted by Gasteiger charge is 2.07. The van der Waals surface area contributed by atoms with Crippen molar-refractivity contribution in [3.8, 4) is 0 Å². The number of hydrogen-bond donors (Lipinski definition) is 3. The molecule has 1 amide bonds. The molecule has 0 heterocycles. The lowest BCUT2D eigenvalue weighted by atomic mass is 10.2. The molecular weight excluding hydrogens is 204 g/mol. The van der Waals surface area contributed by atoms with E-state index in [4.69, 9.17) is 11.5 Å². The molecule has 0 saturated carbocycles. The molecule has 0 atom stereocenters. The molecule has 5 N–H and O–H groups in total. The Morgan fingerprint density at radius 3 is 2.67 bits per heavy atom. The van der Waals surface area contributed by atoms with Crippen molar-refractivity contribution in [1.29, 1.82) is 0 Å². The number of nitrogens with two attached hydrogens (primary N) is 2. The Morgan fingerprint density at radius 2 is 2.07 bits per heavy atom. The molecule has 0 aliphatic heterocycles. The third-order valence-electron chi connectivity index (χ3n) is 1.78. The summed E-state index contributed by atoms with van der Waals surface area (Å²) in [4.78, 5) is 10.4. The fraction of sp³-hybridized carbons (Fsp3) is 0.222. The van der Waals surface area contributed by atoms with Crippen LogP contribution in [0.1, 0.15) is 6.42 Å². The monoisotopic (exact) mass is 215 g/mol. The average molecular weight is 215 g/mol. The molecule has 0 spiro atoms. The van der Waals surface area contributed by atoms with Gasteiger partial charge in [-0.2, -0.15) is 0 Å². The van der Waals surface area contributed by atoms with E-state index in [0.717, 1.165) is 6.07 Å². The molecule has 0 aliphatic carbocycles. The minimum absolute atomic E-state index is 0.0670. The van der Waals surface area contributed by atoms with E-state index < -0.39 is 17.5 Å². The number of nitrogens with one attached hydrogen (secondary N) is 1. The summed E-state index contributed by atoms with van der Waals surface area (Å²) in [5, 5.41) is 2.62. The Balaban J connectivity index is 2.72. The van der Waals surface area contributed by atoms with Crippen LogP contribution in [0.4, 0.5) is 20.2 Å². The molecule has 0 aromatic heterocycles. The summed E-state index contributed by atoms with van der Waals surface area (Å²) in [5.74, 6) is -2.07. The number of hydrogen-bond acceptors (Lipinski definition) is 3. The minimum Gasteiger partial charge on any atom is -0.395 e. The average Bonchev–Trinajstić information content (AvgIpc) is 2.12. The fourth-order valence-electron chi connectivity index (χ4n) is 1.05. The first-order chi connectivity index (χ1) is 7.00. The van der Waals surface area contributed by atoms with Gasteiger partial charge in [-0.3, -0.25) is 4.79 Å². The predicted octanol–water partition coefficient (Wildman–Crippen LogP) is 0.834. The van der Waals surface area contributed by atoms with Gasteiger partial charge in [0, 0.05) is 19.0 Å². The molecule has 6 heteroatoms. The van der Waals surface area contributed by atoms with Crippen LogP contribution < -0.4 is 16.8 Å². The van der Waals surface area contributed by atoms with Gasteiger partial charge in [0.1, 0.15) is 5.82 Å². The second-order valence-electron chi connectivity index (χ2n) is 2.99. The Kier molecular flexibility index (Phi) is 3.43. The molecule has 4 nitrogen and oxygen atoms in total. The number of rotatable bonds is 4. The van der Waals surface area contributed by atoms with Crippen LogP contribution in [0.15, 0.2) is 12.1 Å². The molecular formula is C9H11F2N3O. The number of halogens is 2. The number of carbonyl (C=O) groups excluding carboxylic acids is 1. The van der Waals surface area contributed by atoms with Crippen LogP contribution in [-0.2, 0) is 4.79 Å². The number of primary amides is 1. The van der Waals surface area contributed by atoms with Crippen molar-refractivity contribution in [3.63, 3.8) is 0 Å². The highest BCUT2D eigenvalue weighted by Crippen LogP contribution is 2.23. The smallest absolute Gasteiger partial charge is 0.219 e. The Hall–Kier alpha value is -1.85. The minimum atomic E-state index is -0.837. The number of nitrogen functional groups attached to an aromatic ring is 1. The van der Waals surface area contributed by atoms with Crippen molar-refractivity contribution < 1.29 is 13.6 Å². The third kappa shape index (κ3) is 3.08. The van der Waals surface area contributed by atoms with Crippen molar-refractivity contribution in [2.75, 3.05) is 17.6 Å². The first-order valence-electron chi connectivity index (χ1n) is 4.27. The topological polar surface area (TPSA) is 81.1 Å². The Bertz CT molecular complexity index is 382. The second kappa shape index (κ2) is 4.59. The molecule has 1 aromatic carbocycles. The number of amides is 1. The fourth-order valence-corrected chi connectivity index (χ4v) is 1.05. The van der Waals surface area contributed by atoms with E-state index in [2.05, 4.69) is 5.32 Å². The number of anilines is 2. The van der Waals surface area contributed by atoms with Crippen LogP contribution in [0, 0.1) is 11.6 Å². The van der Waals surface area contributed by atoms with Gasteiger partial charge >= 0.3 is 0 Å². The molecule has 0 saturated heterocycles. The maximum absolute atomic E-state index is 12.9. The predicted molar refractivity (Wildman–Crippen MR) is 53.1 cm³/mol. The Labute approximate surface area is 85.2 Å². The molecule has 82 valence electrons. The van der Waals surface area contributed by atoms with Crippen molar-refractivity contribution in [2.24, 2.45) is 5.73 Å². The highest BCUT2D eigenvalue weighted by atomic mass is 19.1. The van der Waals surface area contributed by atoms with Crippen LogP contribution in [0.5, 0.6) is 0 Å². The molecule has 1 aromatic rings. The van der Waals surface area contributed by atoms with Crippen molar-refractivity contribution in [2.45, 2.75) is 6.42 Å². The molecule has 0 aliphatic rings. The van der Waals surface area contributed by atoms with E-state index in [1.54, 1.807) is 0 Å². The lowest BCUT2D eigenvalue weighted by molar-refractivity contribution is -0.117. The van der Waals surface area contributed by atoms with E-state index in [9.17, 15) is 13.6 Å². The summed E-state index contributed by atoms with van der Waals surface area (Å²) in [6.45, 7) is 0.183. The zero-order valence-corrected chi connectivity index (χ0v) is 7.89. The van der Waals surface area contributed by atoms with Gasteiger partial charge in [0.05, 0.1) is 11.4 Å². The van der Waals surface area contributed by atoms with E-state index in [1.165, 1.54) is 0 Å². The number of benzene rings is 1. The highest BCUT2D eigenvalue weighted by molar-refractivity contribution is 5.75. The SMILES string of the molecule is NC(=O)CCNc1cc(F)cc(F)c1N. The molecule has 0 radical (unpaired) electrons. The summed E-state index contributed by atoms with van der Waals surface area (Å²) in [7, 11) is 0. The summed E-state index contributed by atoms with van der Waals surface area (Å²) in [6, 6.07) is 1.74. The van der Waals surface area contributed by atoms with E-state index in [0.29, 0.717) is 6.07 Å². The van der Waals surface area contributed by atoms with E-state index in [1.807, 2.05) is 0 Å². The van der Waals surface area contributed by atoms with Gasteiger partial charge < -0.3 is 16.8 Å².